The molecule has 3 heterocycles. The van der Waals surface area contributed by atoms with Crippen molar-refractivity contribution in [2.45, 2.75) is 6.92 Å². The highest BCUT2D eigenvalue weighted by molar-refractivity contribution is 7.27. The fourth-order valence-electron chi connectivity index (χ4n) is 7.81. The third kappa shape index (κ3) is 4.50. The fraction of sp³-hybridized carbons (Fsp3) is 0.0213. The molecule has 0 aliphatic carbocycles. The minimum atomic E-state index is 0.684. The van der Waals surface area contributed by atoms with Crippen molar-refractivity contribution in [1.82, 2.24) is 14.5 Å². The van der Waals surface area contributed by atoms with Crippen molar-refractivity contribution in [1.29, 1.82) is 0 Å². The number of rotatable bonds is 5. The minimum absolute atomic E-state index is 0.684. The second-order valence-electron chi connectivity index (χ2n) is 12.9. The smallest absolute Gasteiger partial charge is 0.160 e. The van der Waals surface area contributed by atoms with E-state index in [1.54, 1.807) is 0 Å². The molecule has 51 heavy (non-hydrogen) atoms. The number of nitrogens with zero attached hydrogens (tertiary/aromatic N) is 3. The van der Waals surface area contributed by atoms with E-state index in [0.29, 0.717) is 5.82 Å². The van der Waals surface area contributed by atoms with Gasteiger partial charge in [-0.2, -0.15) is 0 Å². The van der Waals surface area contributed by atoms with Crippen molar-refractivity contribution in [3.8, 4) is 28.3 Å². The average molecular weight is 670 g/mol. The van der Waals surface area contributed by atoms with Gasteiger partial charge in [0.15, 0.2) is 5.82 Å². The number of benzene rings is 7. The van der Waals surface area contributed by atoms with E-state index in [0.717, 1.165) is 33.8 Å². The van der Waals surface area contributed by atoms with E-state index >= 15 is 0 Å². The number of thiophene rings is 1. The van der Waals surface area contributed by atoms with Gasteiger partial charge >= 0.3 is 0 Å². The first-order valence-electron chi connectivity index (χ1n) is 17.2. The van der Waals surface area contributed by atoms with E-state index in [-0.39, 0.29) is 0 Å². The Morgan fingerprint density at radius 2 is 1.29 bits per heavy atom. The Hall–Kier alpha value is -6.36. The lowest BCUT2D eigenvalue weighted by atomic mass is 9.99. The highest BCUT2D eigenvalue weighted by atomic mass is 32.1. The molecule has 3 nitrogen and oxygen atoms in total. The Kier molecular flexibility index (Phi) is 6.73. The molecule has 0 saturated heterocycles. The van der Waals surface area contributed by atoms with Crippen LogP contribution in [0.5, 0.6) is 0 Å². The molecule has 3 aromatic heterocycles. The molecule has 240 valence electrons. The summed E-state index contributed by atoms with van der Waals surface area (Å²) in [4.78, 5) is 10.3. The summed E-state index contributed by atoms with van der Waals surface area (Å²) >= 11 is 1.88. The Morgan fingerprint density at radius 3 is 2.08 bits per heavy atom. The maximum atomic E-state index is 5.20. The molecule has 0 unspecified atom stereocenters. The lowest BCUT2D eigenvalue weighted by Crippen LogP contribution is -2.00. The van der Waals surface area contributed by atoms with Crippen LogP contribution in [0, 0.1) is 0 Å². The maximum Gasteiger partial charge on any atom is 0.160 e. The Balaban J connectivity index is 1.20. The topological polar surface area (TPSA) is 30.7 Å². The number of hydrogen-bond donors (Lipinski definition) is 0. The summed E-state index contributed by atoms with van der Waals surface area (Å²) in [6.07, 6.45) is 5.93. The number of hydrogen-bond acceptors (Lipinski definition) is 3. The van der Waals surface area contributed by atoms with Crippen LogP contribution in [0.1, 0.15) is 18.2 Å². The van der Waals surface area contributed by atoms with Gasteiger partial charge in [-0.1, -0.05) is 116 Å². The molecule has 10 aromatic rings. The highest BCUT2D eigenvalue weighted by Crippen LogP contribution is 2.47. The van der Waals surface area contributed by atoms with Crippen molar-refractivity contribution in [3.63, 3.8) is 0 Å². The van der Waals surface area contributed by atoms with Crippen molar-refractivity contribution in [2.24, 2.45) is 0 Å². The summed E-state index contributed by atoms with van der Waals surface area (Å²) in [5.74, 6) is 0.684. The number of para-hydroxylation sites is 1. The molecule has 0 atom stereocenters. The molecule has 0 N–H and O–H groups in total. The van der Waals surface area contributed by atoms with Crippen LogP contribution in [0.15, 0.2) is 152 Å². The molecule has 10 rings (SSSR count). The van der Waals surface area contributed by atoms with E-state index < -0.39 is 0 Å². The molecule has 0 bridgehead atoms. The van der Waals surface area contributed by atoms with E-state index in [1.165, 1.54) is 63.5 Å². The van der Waals surface area contributed by atoms with E-state index in [2.05, 4.69) is 151 Å². The largest absolute Gasteiger partial charge is 0.308 e. The molecule has 0 fully saturated rings. The summed E-state index contributed by atoms with van der Waals surface area (Å²) in [7, 11) is 0. The molecule has 0 saturated carbocycles. The van der Waals surface area contributed by atoms with Gasteiger partial charge in [0.2, 0.25) is 0 Å². The molecule has 0 spiro atoms. The van der Waals surface area contributed by atoms with Gasteiger partial charge in [0, 0.05) is 48.6 Å². The first kappa shape index (κ1) is 29.5. The number of allylic oxidation sites excluding steroid dienone is 1. The Labute approximate surface area is 299 Å². The van der Waals surface area contributed by atoms with Crippen LogP contribution in [-0.4, -0.2) is 14.5 Å². The third-order valence-electron chi connectivity index (χ3n) is 10.1. The van der Waals surface area contributed by atoms with Crippen LogP contribution < -0.4 is 0 Å². The normalized spacial score (nSPS) is 12.0. The van der Waals surface area contributed by atoms with E-state index in [9.17, 15) is 0 Å². The summed E-state index contributed by atoms with van der Waals surface area (Å²) in [6, 6.07) is 50.2. The summed E-state index contributed by atoms with van der Waals surface area (Å²) in [6.45, 7) is 6.17. The van der Waals surface area contributed by atoms with Gasteiger partial charge in [0.1, 0.15) is 0 Å². The van der Waals surface area contributed by atoms with E-state index in [4.69, 9.17) is 9.97 Å². The lowest BCUT2D eigenvalue weighted by molar-refractivity contribution is 1.15. The van der Waals surface area contributed by atoms with Crippen LogP contribution in [0.25, 0.3) is 104 Å². The zero-order valence-electron chi connectivity index (χ0n) is 28.0. The van der Waals surface area contributed by atoms with Gasteiger partial charge in [-0.05, 0) is 77.0 Å². The Bertz CT molecular complexity index is 3050. The van der Waals surface area contributed by atoms with Gasteiger partial charge < -0.3 is 4.57 Å². The number of fused-ring (bicyclic) bond motifs is 11. The summed E-state index contributed by atoms with van der Waals surface area (Å²) in [5.41, 5.74) is 8.19. The van der Waals surface area contributed by atoms with Crippen molar-refractivity contribution >= 4 is 87.0 Å². The zero-order chi connectivity index (χ0) is 34.1. The van der Waals surface area contributed by atoms with Crippen molar-refractivity contribution in [3.05, 3.63) is 163 Å². The minimum Gasteiger partial charge on any atom is -0.308 e. The van der Waals surface area contributed by atoms with Gasteiger partial charge in [-0.15, -0.1) is 11.3 Å². The predicted octanol–water partition coefficient (Wildman–Crippen LogP) is 13.3. The third-order valence-corrected chi connectivity index (χ3v) is 11.2. The van der Waals surface area contributed by atoms with Crippen molar-refractivity contribution in [2.75, 3.05) is 0 Å². The maximum absolute atomic E-state index is 5.20. The monoisotopic (exact) mass is 669 g/mol. The zero-order valence-corrected chi connectivity index (χ0v) is 28.8. The van der Waals surface area contributed by atoms with Gasteiger partial charge in [0.25, 0.3) is 0 Å². The van der Waals surface area contributed by atoms with Gasteiger partial charge in [-0.25, -0.2) is 9.97 Å². The molecule has 0 aliphatic heterocycles. The number of aromatic nitrogens is 3. The molecular formula is C47H31N3S. The molecule has 7 aromatic carbocycles. The summed E-state index contributed by atoms with van der Waals surface area (Å²) < 4.78 is 5.06. The first-order chi connectivity index (χ1) is 25.2. The van der Waals surface area contributed by atoms with Crippen LogP contribution in [0.3, 0.4) is 0 Å². The van der Waals surface area contributed by atoms with Gasteiger partial charge in [0.05, 0.1) is 27.1 Å². The first-order valence-corrected chi connectivity index (χ1v) is 18.1. The SMILES string of the molecule is C=Cc1c(/C=C\C)nc(-c2ccc(-n3c4ccccc4c4c5ccccc5c5c6ccccc6sc5c43)cc2)nc1-c1ccc2ccccc2c1. The van der Waals surface area contributed by atoms with Crippen LogP contribution in [0.4, 0.5) is 0 Å². The lowest BCUT2D eigenvalue weighted by Gasteiger charge is -2.14. The Morgan fingerprint density at radius 1 is 0.627 bits per heavy atom. The standard InChI is InChI=1S/C47H31N3S/c1-3-13-39-34(4-2)44(32-23-22-29-14-5-6-15-31(29)28-32)49-47(48-39)30-24-26-33(27-25-30)50-40-20-11-9-18-37(40)42-35-16-7-8-17-36(35)43-38-19-10-12-21-41(38)51-46(43)45(42)50/h3-28H,2H2,1H3/b13-3-. The van der Waals surface area contributed by atoms with Gasteiger partial charge in [-0.3, -0.25) is 0 Å². The second kappa shape index (κ2) is 11.6. The molecule has 0 aliphatic rings. The summed E-state index contributed by atoms with van der Waals surface area (Å²) in [5, 5.41) is 10.1. The highest BCUT2D eigenvalue weighted by Gasteiger charge is 2.22. The van der Waals surface area contributed by atoms with Crippen molar-refractivity contribution < 1.29 is 0 Å². The van der Waals surface area contributed by atoms with Crippen LogP contribution in [0.2, 0.25) is 0 Å². The predicted molar refractivity (Wildman–Crippen MR) is 220 cm³/mol. The quantitative estimate of drug-likeness (QED) is 0.183. The second-order valence-corrected chi connectivity index (χ2v) is 14.0. The van der Waals surface area contributed by atoms with E-state index in [1.807, 2.05) is 36.5 Å². The van der Waals surface area contributed by atoms with Crippen LogP contribution >= 0.6 is 11.3 Å². The molecular weight excluding hydrogens is 639 g/mol. The average Bonchev–Trinajstić information content (AvgIpc) is 3.75. The molecule has 0 amide bonds. The van der Waals surface area contributed by atoms with Crippen LogP contribution in [-0.2, 0) is 0 Å². The molecule has 0 radical (unpaired) electrons. The molecule has 4 heteroatoms. The fourth-order valence-corrected chi connectivity index (χ4v) is 9.07.